The fourth-order valence-corrected chi connectivity index (χ4v) is 2.91. The normalized spacial score (nSPS) is 11.4. The van der Waals surface area contributed by atoms with Gasteiger partial charge in [-0.2, -0.15) is 0 Å². The van der Waals surface area contributed by atoms with Crippen molar-refractivity contribution in [2.45, 2.75) is 0 Å². The third-order valence-corrected chi connectivity index (χ3v) is 3.92. The molecule has 0 fully saturated rings. The fraction of sp³-hybridized carbons (Fsp3) is 0. The highest BCUT2D eigenvalue weighted by Crippen LogP contribution is 2.28. The van der Waals surface area contributed by atoms with Crippen LogP contribution in [0.2, 0.25) is 0 Å². The van der Waals surface area contributed by atoms with Gasteiger partial charge in [0, 0.05) is 0 Å². The standard InChI is InChI=1S/C20H14/c1-13-3-5-15-12-20-17(11-18(15)10-13)7-6-16-9-14(2)4-8-19(16)20/h3-12H,1-2H2. The summed E-state index contributed by atoms with van der Waals surface area (Å²) in [6.45, 7) is 8.01. The van der Waals surface area contributed by atoms with Crippen molar-refractivity contribution in [3.8, 4) is 0 Å². The third kappa shape index (κ3) is 1.62. The fourth-order valence-electron chi connectivity index (χ4n) is 2.91. The molecule has 0 unspecified atom stereocenters. The second-order valence-corrected chi connectivity index (χ2v) is 5.38. The number of fused-ring (bicyclic) bond motifs is 4. The molecule has 0 heteroatoms. The molecule has 4 aromatic rings. The van der Waals surface area contributed by atoms with E-state index in [0.717, 1.165) is 10.4 Å². The molecule has 0 nitrogen and oxygen atoms in total. The Hall–Kier alpha value is -2.60. The van der Waals surface area contributed by atoms with Gasteiger partial charge >= 0.3 is 0 Å². The van der Waals surface area contributed by atoms with Gasteiger partial charge in [0.2, 0.25) is 0 Å². The molecule has 0 N–H and O–H groups in total. The summed E-state index contributed by atoms with van der Waals surface area (Å²) in [5.41, 5.74) is 0. The second-order valence-electron chi connectivity index (χ2n) is 5.38. The van der Waals surface area contributed by atoms with Crippen LogP contribution in [0.15, 0.2) is 60.7 Å². The van der Waals surface area contributed by atoms with Crippen LogP contribution >= 0.6 is 0 Å². The van der Waals surface area contributed by atoms with Crippen molar-refractivity contribution in [2.75, 3.05) is 0 Å². The van der Waals surface area contributed by atoms with E-state index < -0.39 is 0 Å². The number of hydrogen-bond acceptors (Lipinski definition) is 0. The molecule has 0 spiro atoms. The van der Waals surface area contributed by atoms with Gasteiger partial charge in [0.05, 0.1) is 0 Å². The molecule has 0 heterocycles. The Bertz CT molecular complexity index is 1060. The molecule has 0 aromatic heterocycles. The van der Waals surface area contributed by atoms with Crippen LogP contribution in [0.3, 0.4) is 0 Å². The predicted molar refractivity (Wildman–Crippen MR) is 89.3 cm³/mol. The van der Waals surface area contributed by atoms with Crippen LogP contribution < -0.4 is 10.4 Å². The maximum absolute atomic E-state index is 4.00. The van der Waals surface area contributed by atoms with Crippen LogP contribution in [0.5, 0.6) is 0 Å². The van der Waals surface area contributed by atoms with Crippen LogP contribution in [0.25, 0.3) is 45.5 Å². The smallest absolute Gasteiger partial charge is 0.00990 e. The van der Waals surface area contributed by atoms with Crippen LogP contribution in [-0.4, -0.2) is 0 Å². The van der Waals surface area contributed by atoms with Crippen molar-refractivity contribution in [2.24, 2.45) is 0 Å². The Kier molecular flexibility index (Phi) is 2.22. The van der Waals surface area contributed by atoms with Crippen molar-refractivity contribution >= 4 is 45.5 Å². The zero-order valence-corrected chi connectivity index (χ0v) is 11.2. The van der Waals surface area contributed by atoms with Gasteiger partial charge in [0.25, 0.3) is 0 Å². The molecule has 0 saturated heterocycles. The zero-order chi connectivity index (χ0) is 13.7. The van der Waals surface area contributed by atoms with E-state index in [4.69, 9.17) is 0 Å². The topological polar surface area (TPSA) is 0 Å². The molecule has 0 aliphatic carbocycles. The second kappa shape index (κ2) is 3.94. The Balaban J connectivity index is 2.24. The van der Waals surface area contributed by atoms with Gasteiger partial charge in [-0.05, 0) is 67.0 Å². The lowest BCUT2D eigenvalue weighted by Gasteiger charge is -2.06. The van der Waals surface area contributed by atoms with E-state index >= 15 is 0 Å². The average molecular weight is 254 g/mol. The summed E-state index contributed by atoms with van der Waals surface area (Å²) in [5.74, 6) is 0. The van der Waals surface area contributed by atoms with E-state index in [2.05, 4.69) is 73.8 Å². The summed E-state index contributed by atoms with van der Waals surface area (Å²) in [6, 6.07) is 21.6. The highest BCUT2D eigenvalue weighted by Gasteiger charge is 2.02. The number of rotatable bonds is 0. The first kappa shape index (κ1) is 11.2. The molecular weight excluding hydrogens is 240 g/mol. The Labute approximate surface area is 117 Å². The minimum absolute atomic E-state index is 1.05. The molecular formula is C20H14. The molecule has 0 atom stereocenters. The molecule has 4 aromatic carbocycles. The summed E-state index contributed by atoms with van der Waals surface area (Å²) in [6.07, 6.45) is 0. The number of hydrogen-bond donors (Lipinski definition) is 0. The van der Waals surface area contributed by atoms with Crippen molar-refractivity contribution in [1.29, 1.82) is 0 Å². The lowest BCUT2D eigenvalue weighted by atomic mass is 9.98. The van der Waals surface area contributed by atoms with E-state index in [-0.39, 0.29) is 0 Å². The van der Waals surface area contributed by atoms with Crippen molar-refractivity contribution < 1.29 is 0 Å². The van der Waals surface area contributed by atoms with Crippen LogP contribution in [0, 0.1) is 0 Å². The van der Waals surface area contributed by atoms with Crippen LogP contribution in [0.1, 0.15) is 0 Å². The SMILES string of the molecule is C=c1ccc2cc3c(ccc4cc(=C)ccc43)cc2c1. The molecule has 0 aliphatic heterocycles. The monoisotopic (exact) mass is 254 g/mol. The first-order valence-electron chi connectivity index (χ1n) is 6.75. The van der Waals surface area contributed by atoms with E-state index in [1.54, 1.807) is 0 Å². The van der Waals surface area contributed by atoms with Gasteiger partial charge in [-0.15, -0.1) is 0 Å². The molecule has 0 amide bonds. The summed E-state index contributed by atoms with van der Waals surface area (Å²) >= 11 is 0. The van der Waals surface area contributed by atoms with E-state index in [0.29, 0.717) is 0 Å². The molecule has 0 bridgehead atoms. The summed E-state index contributed by atoms with van der Waals surface area (Å²) in [4.78, 5) is 0. The summed E-state index contributed by atoms with van der Waals surface area (Å²) in [5, 5.41) is 9.72. The Morgan fingerprint density at radius 3 is 1.85 bits per heavy atom. The van der Waals surface area contributed by atoms with Crippen molar-refractivity contribution in [1.82, 2.24) is 0 Å². The highest BCUT2D eigenvalue weighted by molar-refractivity contribution is 6.12. The van der Waals surface area contributed by atoms with Gasteiger partial charge in [-0.3, -0.25) is 0 Å². The lowest BCUT2D eigenvalue weighted by Crippen LogP contribution is -1.95. The molecule has 4 rings (SSSR count). The molecule has 94 valence electrons. The van der Waals surface area contributed by atoms with Crippen LogP contribution in [-0.2, 0) is 0 Å². The summed E-state index contributed by atoms with van der Waals surface area (Å²) < 4.78 is 0. The predicted octanol–water partition coefficient (Wildman–Crippen LogP) is 3.97. The highest BCUT2D eigenvalue weighted by atomic mass is 14.1. The largest absolute Gasteiger partial charge is 0.0917 e. The lowest BCUT2D eigenvalue weighted by molar-refractivity contribution is 1.69. The van der Waals surface area contributed by atoms with Gasteiger partial charge in [-0.1, -0.05) is 49.6 Å². The molecule has 20 heavy (non-hydrogen) atoms. The maximum atomic E-state index is 4.00. The van der Waals surface area contributed by atoms with Gasteiger partial charge < -0.3 is 0 Å². The van der Waals surface area contributed by atoms with Crippen LogP contribution in [0.4, 0.5) is 0 Å². The minimum atomic E-state index is 1.05. The van der Waals surface area contributed by atoms with Gasteiger partial charge in [0.15, 0.2) is 0 Å². The van der Waals surface area contributed by atoms with Crippen molar-refractivity contribution in [3.63, 3.8) is 0 Å². The zero-order valence-electron chi connectivity index (χ0n) is 11.2. The maximum Gasteiger partial charge on any atom is -0.00990 e. The van der Waals surface area contributed by atoms with Gasteiger partial charge in [0.1, 0.15) is 0 Å². The quantitative estimate of drug-likeness (QED) is 0.329. The first-order valence-corrected chi connectivity index (χ1v) is 6.75. The number of benzene rings is 4. The minimum Gasteiger partial charge on any atom is -0.0917 e. The third-order valence-electron chi connectivity index (χ3n) is 3.92. The Morgan fingerprint density at radius 2 is 1.05 bits per heavy atom. The van der Waals surface area contributed by atoms with Gasteiger partial charge in [-0.25, -0.2) is 0 Å². The first-order chi connectivity index (χ1) is 9.70. The molecule has 0 aliphatic rings. The Morgan fingerprint density at radius 1 is 0.450 bits per heavy atom. The molecule has 0 radical (unpaired) electrons. The average Bonchev–Trinajstić information content (AvgIpc) is 2.44. The van der Waals surface area contributed by atoms with E-state index in [1.807, 2.05) is 0 Å². The van der Waals surface area contributed by atoms with E-state index in [9.17, 15) is 0 Å². The summed E-state index contributed by atoms with van der Waals surface area (Å²) in [7, 11) is 0. The van der Waals surface area contributed by atoms with Crippen molar-refractivity contribution in [3.05, 3.63) is 71.1 Å². The van der Waals surface area contributed by atoms with E-state index in [1.165, 1.54) is 32.3 Å². The molecule has 0 saturated carbocycles.